The SMILES string of the molecule is O=C(COC(=O)/C=C/c1ccc(Br)o1)Nc1cccc(C(=O)NC2CC2)c1. The maximum atomic E-state index is 12.0. The van der Waals surface area contributed by atoms with E-state index in [9.17, 15) is 14.4 Å². The van der Waals surface area contributed by atoms with Crippen LogP contribution in [0.15, 0.2) is 51.6 Å². The van der Waals surface area contributed by atoms with Crippen LogP contribution in [0.3, 0.4) is 0 Å². The van der Waals surface area contributed by atoms with Crippen molar-refractivity contribution < 1.29 is 23.5 Å². The van der Waals surface area contributed by atoms with E-state index in [1.807, 2.05) is 0 Å². The first-order chi connectivity index (χ1) is 13.0. The third-order valence-corrected chi connectivity index (χ3v) is 4.07. The number of carbonyl (C=O) groups is 3. The molecule has 27 heavy (non-hydrogen) atoms. The highest BCUT2D eigenvalue weighted by Gasteiger charge is 2.23. The fourth-order valence-electron chi connectivity index (χ4n) is 2.18. The Morgan fingerprint density at radius 1 is 1.22 bits per heavy atom. The summed E-state index contributed by atoms with van der Waals surface area (Å²) in [4.78, 5) is 35.6. The number of rotatable bonds is 7. The predicted octanol–water partition coefficient (Wildman–Crippen LogP) is 3.13. The first-order valence-electron chi connectivity index (χ1n) is 8.30. The molecule has 0 spiro atoms. The van der Waals surface area contributed by atoms with Gasteiger partial charge in [-0.05, 0) is 65.2 Å². The highest BCUT2D eigenvalue weighted by Crippen LogP contribution is 2.20. The number of amides is 2. The van der Waals surface area contributed by atoms with Crippen molar-refractivity contribution in [1.82, 2.24) is 5.32 Å². The minimum Gasteiger partial charge on any atom is -0.452 e. The maximum absolute atomic E-state index is 12.0. The predicted molar refractivity (Wildman–Crippen MR) is 102 cm³/mol. The average molecular weight is 433 g/mol. The Morgan fingerprint density at radius 3 is 2.74 bits per heavy atom. The molecule has 7 nitrogen and oxygen atoms in total. The molecule has 0 saturated heterocycles. The third kappa shape index (κ3) is 6.10. The van der Waals surface area contributed by atoms with Crippen molar-refractivity contribution in [3.63, 3.8) is 0 Å². The number of ether oxygens (including phenoxy) is 1. The second kappa shape index (κ2) is 8.68. The van der Waals surface area contributed by atoms with E-state index in [1.54, 1.807) is 36.4 Å². The molecule has 8 heteroatoms. The van der Waals surface area contributed by atoms with E-state index < -0.39 is 18.5 Å². The Bertz CT molecular complexity index is 886. The van der Waals surface area contributed by atoms with Gasteiger partial charge in [-0.15, -0.1) is 0 Å². The lowest BCUT2D eigenvalue weighted by Gasteiger charge is -2.08. The summed E-state index contributed by atoms with van der Waals surface area (Å²) in [5, 5.41) is 5.47. The topological polar surface area (TPSA) is 97.6 Å². The van der Waals surface area contributed by atoms with Crippen LogP contribution >= 0.6 is 15.9 Å². The first kappa shape index (κ1) is 18.9. The van der Waals surface area contributed by atoms with Gasteiger partial charge in [0.15, 0.2) is 11.3 Å². The van der Waals surface area contributed by atoms with Crippen molar-refractivity contribution >= 4 is 45.5 Å². The summed E-state index contributed by atoms with van der Waals surface area (Å²) in [6, 6.07) is 10.2. The van der Waals surface area contributed by atoms with Crippen LogP contribution in [0.5, 0.6) is 0 Å². The van der Waals surface area contributed by atoms with Crippen LogP contribution < -0.4 is 10.6 Å². The highest BCUT2D eigenvalue weighted by atomic mass is 79.9. The molecule has 1 aliphatic rings. The Balaban J connectivity index is 1.46. The smallest absolute Gasteiger partial charge is 0.331 e. The lowest BCUT2D eigenvalue weighted by molar-refractivity contribution is -0.142. The van der Waals surface area contributed by atoms with Gasteiger partial charge in [-0.1, -0.05) is 6.07 Å². The molecule has 0 atom stereocenters. The Hall–Kier alpha value is -2.87. The Kier molecular flexibility index (Phi) is 6.08. The van der Waals surface area contributed by atoms with Gasteiger partial charge in [0.2, 0.25) is 0 Å². The van der Waals surface area contributed by atoms with E-state index in [-0.39, 0.29) is 11.9 Å². The molecular weight excluding hydrogens is 416 g/mol. The van der Waals surface area contributed by atoms with Gasteiger partial charge in [-0.3, -0.25) is 9.59 Å². The van der Waals surface area contributed by atoms with Crippen molar-refractivity contribution in [1.29, 1.82) is 0 Å². The lowest BCUT2D eigenvalue weighted by atomic mass is 10.2. The van der Waals surface area contributed by atoms with Crippen molar-refractivity contribution in [2.75, 3.05) is 11.9 Å². The zero-order chi connectivity index (χ0) is 19.2. The zero-order valence-corrected chi connectivity index (χ0v) is 15.8. The van der Waals surface area contributed by atoms with Crippen molar-refractivity contribution in [2.45, 2.75) is 18.9 Å². The number of furan rings is 1. The van der Waals surface area contributed by atoms with Gasteiger partial charge in [-0.2, -0.15) is 0 Å². The molecule has 1 fully saturated rings. The van der Waals surface area contributed by atoms with Crippen molar-refractivity contribution in [2.24, 2.45) is 0 Å². The molecule has 0 unspecified atom stereocenters. The molecule has 1 aliphatic carbocycles. The van der Waals surface area contributed by atoms with Gasteiger partial charge < -0.3 is 19.8 Å². The van der Waals surface area contributed by atoms with E-state index in [2.05, 4.69) is 26.6 Å². The van der Waals surface area contributed by atoms with Crippen LogP contribution in [0.4, 0.5) is 5.69 Å². The summed E-state index contributed by atoms with van der Waals surface area (Å²) >= 11 is 3.15. The number of benzene rings is 1. The Labute approximate surface area is 163 Å². The maximum Gasteiger partial charge on any atom is 0.331 e. The van der Waals surface area contributed by atoms with Gasteiger partial charge >= 0.3 is 5.97 Å². The first-order valence-corrected chi connectivity index (χ1v) is 9.10. The van der Waals surface area contributed by atoms with E-state index in [0.717, 1.165) is 12.8 Å². The highest BCUT2D eigenvalue weighted by molar-refractivity contribution is 9.10. The molecule has 1 heterocycles. The molecule has 2 N–H and O–H groups in total. The minimum absolute atomic E-state index is 0.172. The number of carbonyl (C=O) groups excluding carboxylic acids is 3. The second-order valence-electron chi connectivity index (χ2n) is 5.96. The number of anilines is 1. The summed E-state index contributed by atoms with van der Waals surface area (Å²) in [5.41, 5.74) is 0.916. The van der Waals surface area contributed by atoms with Gasteiger partial charge in [0.1, 0.15) is 5.76 Å². The molecule has 1 aromatic carbocycles. The van der Waals surface area contributed by atoms with Crippen molar-refractivity contribution in [3.05, 3.63) is 58.5 Å². The number of hydrogen-bond acceptors (Lipinski definition) is 5. The quantitative estimate of drug-likeness (QED) is 0.517. The van der Waals surface area contributed by atoms with Gasteiger partial charge in [0.05, 0.1) is 0 Å². The molecule has 1 saturated carbocycles. The molecular formula is C19H17BrN2O5. The van der Waals surface area contributed by atoms with Crippen LogP contribution in [0, 0.1) is 0 Å². The summed E-state index contributed by atoms with van der Waals surface area (Å²) in [6.45, 7) is -0.441. The average Bonchev–Trinajstić information content (AvgIpc) is 3.37. The van der Waals surface area contributed by atoms with Crippen LogP contribution in [0.2, 0.25) is 0 Å². The summed E-state index contributed by atoms with van der Waals surface area (Å²) in [7, 11) is 0. The van der Waals surface area contributed by atoms with Crippen LogP contribution in [0.1, 0.15) is 29.0 Å². The van der Waals surface area contributed by atoms with Crippen LogP contribution in [0.25, 0.3) is 6.08 Å². The normalized spacial score (nSPS) is 13.4. The van der Waals surface area contributed by atoms with Crippen molar-refractivity contribution in [3.8, 4) is 0 Å². The van der Waals surface area contributed by atoms with Crippen LogP contribution in [-0.4, -0.2) is 30.4 Å². The molecule has 140 valence electrons. The molecule has 0 radical (unpaired) electrons. The molecule has 2 amide bonds. The standard InChI is InChI=1S/C19H17BrN2O5/c20-16-8-6-15(27-16)7-9-18(24)26-11-17(23)21-14-3-1-2-12(10-14)19(25)22-13-4-5-13/h1-3,6-10,13H,4-5,11H2,(H,21,23)(H,22,25)/b9-7+. The second-order valence-corrected chi connectivity index (χ2v) is 6.74. The number of nitrogens with one attached hydrogen (secondary N) is 2. The zero-order valence-electron chi connectivity index (χ0n) is 14.2. The van der Waals surface area contributed by atoms with Gasteiger partial charge in [0.25, 0.3) is 11.8 Å². The Morgan fingerprint density at radius 2 is 2.04 bits per heavy atom. The largest absolute Gasteiger partial charge is 0.452 e. The van der Waals surface area contributed by atoms with E-state index in [0.29, 0.717) is 21.7 Å². The number of halogens is 1. The minimum atomic E-state index is -0.671. The monoisotopic (exact) mass is 432 g/mol. The molecule has 1 aromatic heterocycles. The fraction of sp³-hybridized carbons (Fsp3) is 0.211. The van der Waals surface area contributed by atoms with Crippen LogP contribution in [-0.2, 0) is 14.3 Å². The fourth-order valence-corrected chi connectivity index (χ4v) is 2.50. The number of hydrogen-bond donors (Lipinski definition) is 2. The van der Waals surface area contributed by atoms with E-state index in [4.69, 9.17) is 9.15 Å². The summed E-state index contributed by atoms with van der Waals surface area (Å²) in [5.74, 6) is -0.869. The summed E-state index contributed by atoms with van der Waals surface area (Å²) < 4.78 is 10.6. The summed E-state index contributed by atoms with van der Waals surface area (Å²) in [6.07, 6.45) is 4.60. The molecule has 2 aromatic rings. The van der Waals surface area contributed by atoms with Gasteiger partial charge in [0, 0.05) is 23.4 Å². The molecule has 0 bridgehead atoms. The molecule has 3 rings (SSSR count). The van der Waals surface area contributed by atoms with Gasteiger partial charge in [-0.25, -0.2) is 4.79 Å². The van der Waals surface area contributed by atoms with E-state index >= 15 is 0 Å². The molecule has 0 aliphatic heterocycles. The lowest BCUT2D eigenvalue weighted by Crippen LogP contribution is -2.25. The number of esters is 1. The third-order valence-electron chi connectivity index (χ3n) is 3.64. The van der Waals surface area contributed by atoms with E-state index in [1.165, 1.54) is 12.2 Å².